The van der Waals surface area contributed by atoms with Crippen molar-refractivity contribution in [1.29, 1.82) is 0 Å². The molecule has 2 aliphatic heterocycles. The summed E-state index contributed by atoms with van der Waals surface area (Å²) in [7, 11) is 0. The van der Waals surface area contributed by atoms with E-state index >= 15 is 0 Å². The third-order valence-electron chi connectivity index (χ3n) is 5.42. The Balaban J connectivity index is 1.34. The topological polar surface area (TPSA) is 15.3 Å². The Morgan fingerprint density at radius 2 is 1.74 bits per heavy atom. The van der Waals surface area contributed by atoms with Crippen LogP contribution in [0.2, 0.25) is 0 Å². The first-order valence-corrected chi connectivity index (χ1v) is 9.51. The van der Waals surface area contributed by atoms with Gasteiger partial charge in [-0.1, -0.05) is 19.3 Å². The molecule has 2 nitrogen and oxygen atoms in total. The lowest BCUT2D eigenvalue weighted by molar-refractivity contribution is 0.0916. The summed E-state index contributed by atoms with van der Waals surface area (Å²) in [5.74, 6) is 3.50. The van der Waals surface area contributed by atoms with Crippen LogP contribution in [0.15, 0.2) is 0 Å². The van der Waals surface area contributed by atoms with Gasteiger partial charge in [0.1, 0.15) is 0 Å². The van der Waals surface area contributed by atoms with E-state index in [1.54, 1.807) is 0 Å². The smallest absolute Gasteiger partial charge is 0.00726 e. The maximum atomic E-state index is 3.46. The van der Waals surface area contributed by atoms with Crippen LogP contribution in [0.1, 0.15) is 44.9 Å². The molecule has 3 fully saturated rings. The second-order valence-electron chi connectivity index (χ2n) is 6.71. The molecule has 0 amide bonds. The lowest BCUT2D eigenvalue weighted by Gasteiger charge is -2.41. The van der Waals surface area contributed by atoms with Gasteiger partial charge in [-0.2, -0.15) is 11.8 Å². The van der Waals surface area contributed by atoms with Crippen molar-refractivity contribution in [3.8, 4) is 0 Å². The molecular weight excluding hydrogens is 252 g/mol. The summed E-state index contributed by atoms with van der Waals surface area (Å²) < 4.78 is 0. The zero-order valence-corrected chi connectivity index (χ0v) is 13.1. The molecule has 0 aromatic rings. The van der Waals surface area contributed by atoms with E-state index in [-0.39, 0.29) is 0 Å². The minimum absolute atomic E-state index is 0.938. The summed E-state index contributed by atoms with van der Waals surface area (Å²) in [5.41, 5.74) is 0. The summed E-state index contributed by atoms with van der Waals surface area (Å²) in [5, 5.41) is 4.40. The maximum Gasteiger partial charge on any atom is 0.00726 e. The summed E-state index contributed by atoms with van der Waals surface area (Å²) in [6, 6.07) is 0. The van der Waals surface area contributed by atoms with Crippen molar-refractivity contribution in [2.45, 2.75) is 50.2 Å². The van der Waals surface area contributed by atoms with Crippen molar-refractivity contribution in [1.82, 2.24) is 10.2 Å². The zero-order chi connectivity index (χ0) is 12.9. The van der Waals surface area contributed by atoms with Gasteiger partial charge in [0.05, 0.1) is 0 Å². The van der Waals surface area contributed by atoms with Crippen LogP contribution < -0.4 is 5.32 Å². The average molecular weight is 282 g/mol. The molecule has 3 heteroatoms. The molecule has 0 aromatic heterocycles. The highest BCUT2D eigenvalue weighted by atomic mass is 32.2. The zero-order valence-electron chi connectivity index (χ0n) is 12.3. The fraction of sp³-hybridized carbons (Fsp3) is 1.00. The highest BCUT2D eigenvalue weighted by Crippen LogP contribution is 2.36. The normalized spacial score (nSPS) is 34.1. The van der Waals surface area contributed by atoms with Crippen LogP contribution in [0.5, 0.6) is 0 Å². The Bertz CT molecular complexity index is 265. The molecule has 0 radical (unpaired) electrons. The van der Waals surface area contributed by atoms with E-state index in [9.17, 15) is 0 Å². The van der Waals surface area contributed by atoms with E-state index in [4.69, 9.17) is 0 Å². The Labute approximate surface area is 123 Å². The van der Waals surface area contributed by atoms with Crippen LogP contribution in [0.4, 0.5) is 0 Å². The van der Waals surface area contributed by atoms with Crippen molar-refractivity contribution < 1.29 is 0 Å². The molecular formula is C16H30N2S. The van der Waals surface area contributed by atoms with Gasteiger partial charge < -0.3 is 10.2 Å². The number of hydrogen-bond donors (Lipinski definition) is 1. The fourth-order valence-corrected chi connectivity index (χ4v) is 5.46. The predicted octanol–water partition coefficient (Wildman–Crippen LogP) is 2.98. The summed E-state index contributed by atoms with van der Waals surface area (Å²) in [6.07, 6.45) is 10.3. The maximum absolute atomic E-state index is 3.46. The largest absolute Gasteiger partial charge is 0.317 e. The van der Waals surface area contributed by atoms with Crippen molar-refractivity contribution in [3.63, 3.8) is 0 Å². The van der Waals surface area contributed by atoms with Crippen LogP contribution in [-0.2, 0) is 0 Å². The number of piperidine rings is 2. The first-order valence-electron chi connectivity index (χ1n) is 8.46. The van der Waals surface area contributed by atoms with Gasteiger partial charge >= 0.3 is 0 Å². The lowest BCUT2D eigenvalue weighted by Crippen LogP contribution is -2.42. The number of fused-ring (bicyclic) bond motifs is 1. The molecule has 2 heterocycles. The Hall–Kier alpha value is 0.270. The quantitative estimate of drug-likeness (QED) is 0.853. The monoisotopic (exact) mass is 282 g/mol. The molecule has 3 aliphatic rings. The van der Waals surface area contributed by atoms with E-state index < -0.39 is 0 Å². The van der Waals surface area contributed by atoms with Crippen LogP contribution in [0.3, 0.4) is 0 Å². The number of rotatable bonds is 4. The number of likely N-dealkylation sites (tertiary alicyclic amines) is 1. The van der Waals surface area contributed by atoms with Gasteiger partial charge in [0.25, 0.3) is 0 Å². The highest BCUT2D eigenvalue weighted by molar-refractivity contribution is 7.99. The Kier molecular flexibility index (Phi) is 5.48. The van der Waals surface area contributed by atoms with Gasteiger partial charge in [-0.05, 0) is 57.2 Å². The van der Waals surface area contributed by atoms with Gasteiger partial charge in [-0.25, -0.2) is 0 Å². The molecule has 110 valence electrons. The van der Waals surface area contributed by atoms with E-state index in [1.807, 2.05) is 0 Å². The first kappa shape index (κ1) is 14.2. The third kappa shape index (κ3) is 4.12. The fourth-order valence-electron chi connectivity index (χ4n) is 4.19. The first-order chi connectivity index (χ1) is 9.42. The molecule has 1 N–H and O–H groups in total. The van der Waals surface area contributed by atoms with Crippen LogP contribution >= 0.6 is 11.8 Å². The van der Waals surface area contributed by atoms with Crippen molar-refractivity contribution >= 4 is 11.8 Å². The number of nitrogens with one attached hydrogen (secondary N) is 1. The Morgan fingerprint density at radius 3 is 2.58 bits per heavy atom. The molecule has 2 atom stereocenters. The predicted molar refractivity (Wildman–Crippen MR) is 84.9 cm³/mol. The number of nitrogens with zero attached hydrogens (tertiary/aromatic N) is 1. The van der Waals surface area contributed by atoms with Crippen LogP contribution in [-0.4, -0.2) is 48.6 Å². The molecule has 0 spiro atoms. The van der Waals surface area contributed by atoms with Gasteiger partial charge in [-0.3, -0.25) is 0 Å². The second kappa shape index (κ2) is 7.33. The Morgan fingerprint density at radius 1 is 0.947 bits per heavy atom. The van der Waals surface area contributed by atoms with Gasteiger partial charge in [0, 0.05) is 24.1 Å². The summed E-state index contributed by atoms with van der Waals surface area (Å²) >= 11 is 2.24. The molecule has 1 saturated carbocycles. The molecule has 0 aromatic carbocycles. The average Bonchev–Trinajstić information content (AvgIpc) is 2.48. The molecule has 3 rings (SSSR count). The minimum Gasteiger partial charge on any atom is -0.317 e. The number of hydrogen-bond acceptors (Lipinski definition) is 3. The van der Waals surface area contributed by atoms with E-state index in [2.05, 4.69) is 22.0 Å². The lowest BCUT2D eigenvalue weighted by atomic mass is 9.75. The SMILES string of the molecule is C1CCC2CN(CCSC3CCNCC3)CCC2C1. The van der Waals surface area contributed by atoms with Gasteiger partial charge in [0.15, 0.2) is 0 Å². The summed E-state index contributed by atoms with van der Waals surface area (Å²) in [4.78, 5) is 2.76. The molecule has 2 unspecified atom stereocenters. The highest BCUT2D eigenvalue weighted by Gasteiger charge is 2.30. The van der Waals surface area contributed by atoms with Gasteiger partial charge in [-0.15, -0.1) is 0 Å². The molecule has 0 bridgehead atoms. The molecule has 1 aliphatic carbocycles. The third-order valence-corrected chi connectivity index (χ3v) is 6.78. The molecule has 2 saturated heterocycles. The van der Waals surface area contributed by atoms with E-state index in [0.29, 0.717) is 0 Å². The van der Waals surface area contributed by atoms with E-state index in [0.717, 1.165) is 17.1 Å². The number of thioether (sulfide) groups is 1. The second-order valence-corrected chi connectivity index (χ2v) is 8.12. The van der Waals surface area contributed by atoms with Crippen LogP contribution in [0, 0.1) is 11.8 Å². The van der Waals surface area contributed by atoms with Crippen LogP contribution in [0.25, 0.3) is 0 Å². The van der Waals surface area contributed by atoms with Crippen molar-refractivity contribution in [2.75, 3.05) is 38.5 Å². The van der Waals surface area contributed by atoms with Gasteiger partial charge in [0.2, 0.25) is 0 Å². The van der Waals surface area contributed by atoms with E-state index in [1.165, 1.54) is 83.4 Å². The standard InChI is InChI=1S/C16H30N2S/c1-2-4-15-13-18(10-7-14(15)3-1)11-12-19-16-5-8-17-9-6-16/h14-17H,1-13H2. The summed E-state index contributed by atoms with van der Waals surface area (Å²) in [6.45, 7) is 6.62. The minimum atomic E-state index is 0.938. The van der Waals surface area contributed by atoms with Crippen molar-refractivity contribution in [3.05, 3.63) is 0 Å². The van der Waals surface area contributed by atoms with Crippen molar-refractivity contribution in [2.24, 2.45) is 11.8 Å². The molecule has 19 heavy (non-hydrogen) atoms.